The molecule has 0 heterocycles. The maximum atomic E-state index is 10.1. The van der Waals surface area contributed by atoms with Crippen molar-refractivity contribution in [3.63, 3.8) is 0 Å². The van der Waals surface area contributed by atoms with Crippen molar-refractivity contribution >= 4 is 5.94 Å². The average Bonchev–Trinajstić information content (AvgIpc) is 1.64. The van der Waals surface area contributed by atoms with E-state index in [0.29, 0.717) is 5.82 Å². The van der Waals surface area contributed by atoms with E-state index in [0.717, 1.165) is 0 Å². The van der Waals surface area contributed by atoms with E-state index in [1.54, 1.807) is 38.0 Å². The van der Waals surface area contributed by atoms with Crippen LogP contribution in [0.2, 0.25) is 0 Å². The zero-order valence-corrected chi connectivity index (χ0v) is 6.30. The molecular weight excluding hydrogens is 116 g/mol. The third kappa shape index (κ3) is 2.20. The van der Waals surface area contributed by atoms with Crippen LogP contribution in [0, 0.1) is 0 Å². The minimum atomic E-state index is 0.551. The Balaban J connectivity index is 4.19. The Bertz CT molecular complexity index is 124. The first-order valence-corrected chi connectivity index (χ1v) is 2.69. The molecule has 0 aliphatic heterocycles. The molecular formula is C6H12N2O. The van der Waals surface area contributed by atoms with Crippen LogP contribution in [-0.2, 0) is 4.79 Å². The van der Waals surface area contributed by atoms with Gasteiger partial charge in [-0.1, -0.05) is 0 Å². The Hall–Kier alpha value is -0.950. The molecule has 0 rings (SSSR count). The Morgan fingerprint density at radius 3 is 1.44 bits per heavy atom. The second-order valence-corrected chi connectivity index (χ2v) is 2.21. The lowest BCUT2D eigenvalue weighted by Crippen LogP contribution is -2.24. The summed E-state index contributed by atoms with van der Waals surface area (Å²) < 4.78 is 0. The van der Waals surface area contributed by atoms with Crippen LogP contribution in [0.25, 0.3) is 0 Å². The highest BCUT2D eigenvalue weighted by atomic mass is 16.1. The minimum absolute atomic E-state index is 0.551. The van der Waals surface area contributed by atoms with Crippen LogP contribution in [0.4, 0.5) is 0 Å². The summed E-state index contributed by atoms with van der Waals surface area (Å²) in [4.78, 5) is 13.6. The molecule has 0 fully saturated rings. The largest absolute Gasteiger partial charge is 0.355 e. The predicted octanol–water partition coefficient (Wildman–Crippen LogP) is -0.217. The molecule has 52 valence electrons. The van der Waals surface area contributed by atoms with Gasteiger partial charge in [0.25, 0.3) is 0 Å². The van der Waals surface area contributed by atoms with Gasteiger partial charge in [-0.2, -0.15) is 0 Å². The Kier molecular flexibility index (Phi) is 2.82. The highest BCUT2D eigenvalue weighted by Crippen LogP contribution is 1.94. The van der Waals surface area contributed by atoms with Gasteiger partial charge in [0, 0.05) is 28.2 Å². The molecule has 0 radical (unpaired) electrons. The minimum Gasteiger partial charge on any atom is -0.355 e. The number of hydrogen-bond donors (Lipinski definition) is 0. The number of nitrogens with zero attached hydrogens (tertiary/aromatic N) is 2. The molecule has 0 unspecified atom stereocenters. The molecule has 0 saturated carbocycles. The smallest absolute Gasteiger partial charge is 0.190 e. The van der Waals surface area contributed by atoms with Gasteiger partial charge in [0.2, 0.25) is 0 Å². The second kappa shape index (κ2) is 3.15. The van der Waals surface area contributed by atoms with E-state index >= 15 is 0 Å². The van der Waals surface area contributed by atoms with Crippen molar-refractivity contribution in [3.05, 3.63) is 5.82 Å². The van der Waals surface area contributed by atoms with Crippen LogP contribution >= 0.6 is 0 Å². The van der Waals surface area contributed by atoms with Gasteiger partial charge < -0.3 is 9.80 Å². The lowest BCUT2D eigenvalue weighted by molar-refractivity contribution is 0.346. The van der Waals surface area contributed by atoms with Gasteiger partial charge in [0.1, 0.15) is 0 Å². The zero-order valence-electron chi connectivity index (χ0n) is 6.30. The molecule has 0 saturated heterocycles. The van der Waals surface area contributed by atoms with Crippen molar-refractivity contribution < 1.29 is 4.79 Å². The molecule has 0 N–H and O–H groups in total. The van der Waals surface area contributed by atoms with Gasteiger partial charge in [-0.15, -0.1) is 0 Å². The Labute approximate surface area is 55.6 Å². The Morgan fingerprint density at radius 1 is 1.11 bits per heavy atom. The van der Waals surface area contributed by atoms with Crippen LogP contribution in [0.5, 0.6) is 0 Å². The van der Waals surface area contributed by atoms with Gasteiger partial charge in [0.15, 0.2) is 11.8 Å². The summed E-state index contributed by atoms with van der Waals surface area (Å²) in [6.45, 7) is 0. The first-order chi connectivity index (χ1) is 4.09. The maximum absolute atomic E-state index is 10.1. The van der Waals surface area contributed by atoms with E-state index in [9.17, 15) is 4.79 Å². The van der Waals surface area contributed by atoms with Gasteiger partial charge >= 0.3 is 0 Å². The topological polar surface area (TPSA) is 23.6 Å². The van der Waals surface area contributed by atoms with E-state index < -0.39 is 0 Å². The molecule has 0 amide bonds. The summed E-state index contributed by atoms with van der Waals surface area (Å²) in [5.41, 5.74) is 0. The van der Waals surface area contributed by atoms with Gasteiger partial charge in [-0.25, -0.2) is 4.79 Å². The van der Waals surface area contributed by atoms with Crippen molar-refractivity contribution in [1.82, 2.24) is 9.80 Å². The van der Waals surface area contributed by atoms with E-state index in [1.165, 1.54) is 0 Å². The van der Waals surface area contributed by atoms with Crippen LogP contribution in [0.15, 0.2) is 5.82 Å². The normalized spacial score (nSPS) is 8.00. The van der Waals surface area contributed by atoms with Crippen molar-refractivity contribution in [3.8, 4) is 0 Å². The Morgan fingerprint density at radius 2 is 1.44 bits per heavy atom. The molecule has 0 aliphatic carbocycles. The molecule has 3 heteroatoms. The van der Waals surface area contributed by atoms with Gasteiger partial charge in [-0.05, 0) is 0 Å². The summed E-state index contributed by atoms with van der Waals surface area (Å²) in [6, 6.07) is 0. The second-order valence-electron chi connectivity index (χ2n) is 2.21. The van der Waals surface area contributed by atoms with Crippen molar-refractivity contribution in [2.45, 2.75) is 0 Å². The molecule has 0 aromatic carbocycles. The van der Waals surface area contributed by atoms with Gasteiger partial charge in [0.05, 0.1) is 0 Å². The zero-order chi connectivity index (χ0) is 7.44. The van der Waals surface area contributed by atoms with Crippen LogP contribution in [0.3, 0.4) is 0 Å². The summed E-state index contributed by atoms with van der Waals surface area (Å²) in [5.74, 6) is 2.37. The van der Waals surface area contributed by atoms with Crippen LogP contribution in [0.1, 0.15) is 0 Å². The number of hydrogen-bond acceptors (Lipinski definition) is 3. The fourth-order valence-electron chi connectivity index (χ4n) is 0.583. The van der Waals surface area contributed by atoms with Crippen LogP contribution < -0.4 is 0 Å². The standard InChI is InChI=1S/C6H12N2O/c1-7(2)6(5-9)8(3)4/h1-4H3. The average molecular weight is 128 g/mol. The first-order valence-electron chi connectivity index (χ1n) is 2.69. The SMILES string of the molecule is CN(C)C(=C=O)N(C)C. The molecule has 0 aromatic rings. The summed E-state index contributed by atoms with van der Waals surface area (Å²) in [6.07, 6.45) is 0. The van der Waals surface area contributed by atoms with Crippen molar-refractivity contribution in [2.75, 3.05) is 28.2 Å². The molecule has 0 atom stereocenters. The lowest BCUT2D eigenvalue weighted by atomic mass is 10.6. The number of carbonyl (C=O) groups excluding carboxylic acids is 1. The van der Waals surface area contributed by atoms with E-state index in [2.05, 4.69) is 0 Å². The fraction of sp³-hybridized carbons (Fsp3) is 0.667. The summed E-state index contributed by atoms with van der Waals surface area (Å²) in [5, 5.41) is 0. The third-order valence-corrected chi connectivity index (χ3v) is 0.939. The van der Waals surface area contributed by atoms with Gasteiger partial charge in [-0.3, -0.25) is 0 Å². The van der Waals surface area contributed by atoms with Crippen molar-refractivity contribution in [1.29, 1.82) is 0 Å². The molecule has 9 heavy (non-hydrogen) atoms. The van der Waals surface area contributed by atoms with Crippen LogP contribution in [-0.4, -0.2) is 43.9 Å². The molecule has 0 aliphatic rings. The predicted molar refractivity (Wildman–Crippen MR) is 36.6 cm³/mol. The lowest BCUT2D eigenvalue weighted by Gasteiger charge is -2.19. The maximum Gasteiger partial charge on any atom is 0.190 e. The number of rotatable bonds is 2. The quantitative estimate of drug-likeness (QED) is 0.480. The monoisotopic (exact) mass is 128 g/mol. The molecule has 0 aromatic heterocycles. The highest BCUT2D eigenvalue weighted by Gasteiger charge is 2.00. The molecule has 0 spiro atoms. The highest BCUT2D eigenvalue weighted by molar-refractivity contribution is 5.50. The molecule has 0 bridgehead atoms. The van der Waals surface area contributed by atoms with E-state index in [1.807, 2.05) is 5.94 Å². The van der Waals surface area contributed by atoms with Crippen molar-refractivity contribution in [2.24, 2.45) is 0 Å². The van der Waals surface area contributed by atoms with E-state index in [4.69, 9.17) is 0 Å². The summed E-state index contributed by atoms with van der Waals surface area (Å²) >= 11 is 0. The fourth-order valence-corrected chi connectivity index (χ4v) is 0.583. The summed E-state index contributed by atoms with van der Waals surface area (Å²) in [7, 11) is 7.22. The molecule has 3 nitrogen and oxygen atoms in total. The third-order valence-electron chi connectivity index (χ3n) is 0.939. The first kappa shape index (κ1) is 8.05. The van der Waals surface area contributed by atoms with E-state index in [-0.39, 0.29) is 0 Å².